The number of nitrogen functional groups attached to an aromatic ring is 1. The van der Waals surface area contributed by atoms with Crippen molar-refractivity contribution in [1.82, 2.24) is 19.8 Å². The van der Waals surface area contributed by atoms with E-state index < -0.39 is 0 Å². The van der Waals surface area contributed by atoms with Crippen LogP contribution in [0, 0.1) is 0 Å². The standard InChI is InChI=1S/C17H18ClN5OS3/c18-13-2-1-11(27-13)9-22-4-6-23(7-5-22)14(24)10-26-17-20-15(19)12-3-8-25-16(12)21-17/h1-3,8H,4-7,9-10H2,(H2,19,20,21). The van der Waals surface area contributed by atoms with Crippen molar-refractivity contribution >= 4 is 68.0 Å². The fourth-order valence-corrected chi connectivity index (χ4v) is 5.67. The molecule has 4 heterocycles. The van der Waals surface area contributed by atoms with Gasteiger partial charge in [-0.25, -0.2) is 9.97 Å². The smallest absolute Gasteiger partial charge is 0.233 e. The maximum atomic E-state index is 12.5. The van der Waals surface area contributed by atoms with Crippen LogP contribution in [0.25, 0.3) is 10.2 Å². The van der Waals surface area contributed by atoms with E-state index in [9.17, 15) is 4.79 Å². The van der Waals surface area contributed by atoms with Gasteiger partial charge in [0.1, 0.15) is 10.6 Å². The fourth-order valence-electron chi connectivity index (χ4n) is 2.95. The number of carbonyl (C=O) groups is 1. The molecular formula is C17H18ClN5OS3. The van der Waals surface area contributed by atoms with Crippen molar-refractivity contribution in [3.63, 3.8) is 0 Å². The second-order valence-electron chi connectivity index (χ2n) is 6.18. The molecule has 0 aromatic carbocycles. The Bertz CT molecular complexity index is 951. The summed E-state index contributed by atoms with van der Waals surface area (Å²) in [7, 11) is 0. The molecule has 3 aromatic heterocycles. The van der Waals surface area contributed by atoms with Crippen molar-refractivity contribution in [2.45, 2.75) is 11.7 Å². The molecule has 1 fully saturated rings. The first kappa shape index (κ1) is 18.9. The molecular weight excluding hydrogens is 422 g/mol. The monoisotopic (exact) mass is 439 g/mol. The summed E-state index contributed by atoms with van der Waals surface area (Å²) in [5.41, 5.74) is 5.96. The number of amides is 1. The quantitative estimate of drug-likeness (QED) is 0.485. The molecule has 1 aliphatic rings. The van der Waals surface area contributed by atoms with Crippen molar-refractivity contribution < 1.29 is 4.79 Å². The van der Waals surface area contributed by atoms with E-state index in [1.54, 1.807) is 11.3 Å². The Labute approximate surface area is 174 Å². The van der Waals surface area contributed by atoms with E-state index in [4.69, 9.17) is 17.3 Å². The summed E-state index contributed by atoms with van der Waals surface area (Å²) < 4.78 is 0.819. The number of hydrogen-bond donors (Lipinski definition) is 1. The molecule has 0 unspecified atom stereocenters. The summed E-state index contributed by atoms with van der Waals surface area (Å²) in [5, 5.41) is 3.38. The Morgan fingerprint density at radius 2 is 2.04 bits per heavy atom. The average molecular weight is 440 g/mol. The van der Waals surface area contributed by atoms with Crippen LogP contribution < -0.4 is 5.73 Å². The highest BCUT2D eigenvalue weighted by Gasteiger charge is 2.22. The van der Waals surface area contributed by atoms with Crippen LogP contribution in [0.15, 0.2) is 28.7 Å². The van der Waals surface area contributed by atoms with Crippen LogP contribution in [-0.2, 0) is 11.3 Å². The number of anilines is 1. The molecule has 1 amide bonds. The van der Waals surface area contributed by atoms with Gasteiger partial charge in [-0.15, -0.1) is 22.7 Å². The average Bonchev–Trinajstić information content (AvgIpc) is 3.29. The normalized spacial score (nSPS) is 15.5. The Morgan fingerprint density at radius 3 is 2.78 bits per heavy atom. The Hall–Kier alpha value is -1.39. The van der Waals surface area contributed by atoms with Crippen molar-refractivity contribution in [3.8, 4) is 0 Å². The number of halogens is 1. The van der Waals surface area contributed by atoms with Gasteiger partial charge in [0.15, 0.2) is 5.16 Å². The number of hydrogen-bond acceptors (Lipinski definition) is 8. The minimum atomic E-state index is 0.118. The third-order valence-electron chi connectivity index (χ3n) is 4.39. The third kappa shape index (κ3) is 4.55. The lowest BCUT2D eigenvalue weighted by molar-refractivity contribution is -0.130. The zero-order chi connectivity index (χ0) is 18.8. The predicted molar refractivity (Wildman–Crippen MR) is 114 cm³/mol. The van der Waals surface area contributed by atoms with E-state index in [0.29, 0.717) is 16.7 Å². The zero-order valence-corrected chi connectivity index (χ0v) is 17.6. The van der Waals surface area contributed by atoms with Crippen LogP contribution >= 0.6 is 46.0 Å². The number of thiophene rings is 2. The highest BCUT2D eigenvalue weighted by Crippen LogP contribution is 2.26. The largest absolute Gasteiger partial charge is 0.383 e. The molecule has 3 aromatic rings. The summed E-state index contributed by atoms with van der Waals surface area (Å²) in [4.78, 5) is 27.7. The van der Waals surface area contributed by atoms with Crippen LogP contribution in [-0.4, -0.2) is 57.6 Å². The summed E-state index contributed by atoms with van der Waals surface area (Å²) in [6.45, 7) is 4.12. The molecule has 142 valence electrons. The summed E-state index contributed by atoms with van der Waals surface area (Å²) in [6.07, 6.45) is 0. The van der Waals surface area contributed by atoms with Crippen LogP contribution in [0.3, 0.4) is 0 Å². The second kappa shape index (κ2) is 8.32. The third-order valence-corrected chi connectivity index (χ3v) is 7.25. The van der Waals surface area contributed by atoms with Crippen molar-refractivity contribution in [2.75, 3.05) is 37.7 Å². The van der Waals surface area contributed by atoms with E-state index in [1.807, 2.05) is 22.4 Å². The number of carbonyl (C=O) groups excluding carboxylic acids is 1. The SMILES string of the molecule is Nc1nc(SCC(=O)N2CCN(Cc3ccc(Cl)s3)CC2)nc2sccc12. The van der Waals surface area contributed by atoms with Gasteiger partial charge in [-0.1, -0.05) is 23.4 Å². The fraction of sp³-hybridized carbons (Fsp3) is 0.353. The van der Waals surface area contributed by atoms with Crippen molar-refractivity contribution in [1.29, 1.82) is 0 Å². The van der Waals surface area contributed by atoms with Gasteiger partial charge in [0.2, 0.25) is 5.91 Å². The van der Waals surface area contributed by atoms with E-state index in [2.05, 4.69) is 20.9 Å². The van der Waals surface area contributed by atoms with Gasteiger partial charge < -0.3 is 10.6 Å². The Morgan fingerprint density at radius 1 is 1.22 bits per heavy atom. The number of aromatic nitrogens is 2. The van der Waals surface area contributed by atoms with Gasteiger partial charge in [-0.2, -0.15) is 0 Å². The molecule has 0 saturated carbocycles. The molecule has 1 aliphatic heterocycles. The number of rotatable bonds is 5. The van der Waals surface area contributed by atoms with E-state index >= 15 is 0 Å². The van der Waals surface area contributed by atoms with Crippen LogP contribution in [0.1, 0.15) is 4.88 Å². The summed E-state index contributed by atoms with van der Waals surface area (Å²) in [6, 6.07) is 5.91. The highest BCUT2D eigenvalue weighted by molar-refractivity contribution is 7.99. The van der Waals surface area contributed by atoms with Crippen LogP contribution in [0.5, 0.6) is 0 Å². The first-order chi connectivity index (χ1) is 13.1. The number of nitrogens with two attached hydrogens (primary N) is 1. The minimum absolute atomic E-state index is 0.118. The molecule has 1 saturated heterocycles. The van der Waals surface area contributed by atoms with E-state index in [-0.39, 0.29) is 5.91 Å². The Balaban J connectivity index is 1.27. The van der Waals surface area contributed by atoms with Gasteiger partial charge >= 0.3 is 0 Å². The van der Waals surface area contributed by atoms with Crippen LogP contribution in [0.2, 0.25) is 4.34 Å². The van der Waals surface area contributed by atoms with E-state index in [0.717, 1.165) is 47.3 Å². The molecule has 0 spiro atoms. The number of piperazine rings is 1. The summed E-state index contributed by atoms with van der Waals surface area (Å²) in [5.74, 6) is 0.919. The maximum Gasteiger partial charge on any atom is 0.233 e. The zero-order valence-electron chi connectivity index (χ0n) is 14.4. The van der Waals surface area contributed by atoms with Gasteiger partial charge in [0.05, 0.1) is 15.5 Å². The summed E-state index contributed by atoms with van der Waals surface area (Å²) >= 11 is 10.5. The van der Waals surface area contributed by atoms with Gasteiger partial charge in [0, 0.05) is 37.6 Å². The van der Waals surface area contributed by atoms with Crippen molar-refractivity contribution in [3.05, 3.63) is 32.8 Å². The molecule has 27 heavy (non-hydrogen) atoms. The Kier molecular flexibility index (Phi) is 5.84. The number of thioether (sulfide) groups is 1. The lowest BCUT2D eigenvalue weighted by atomic mass is 10.3. The minimum Gasteiger partial charge on any atom is -0.383 e. The molecule has 0 atom stereocenters. The van der Waals surface area contributed by atoms with Crippen LogP contribution in [0.4, 0.5) is 5.82 Å². The first-order valence-electron chi connectivity index (χ1n) is 8.46. The molecule has 4 rings (SSSR count). The highest BCUT2D eigenvalue weighted by atomic mass is 35.5. The number of nitrogens with zero attached hydrogens (tertiary/aromatic N) is 4. The number of fused-ring (bicyclic) bond motifs is 1. The van der Waals surface area contributed by atoms with Gasteiger partial charge in [-0.3, -0.25) is 9.69 Å². The molecule has 10 heteroatoms. The van der Waals surface area contributed by atoms with Gasteiger partial charge in [0.25, 0.3) is 0 Å². The second-order valence-corrected chi connectivity index (χ2v) is 9.82. The van der Waals surface area contributed by atoms with E-state index in [1.165, 1.54) is 28.0 Å². The van der Waals surface area contributed by atoms with Gasteiger partial charge in [-0.05, 0) is 23.6 Å². The van der Waals surface area contributed by atoms with Crippen molar-refractivity contribution in [2.24, 2.45) is 0 Å². The maximum absolute atomic E-state index is 12.5. The first-order valence-corrected chi connectivity index (χ1v) is 11.5. The lowest BCUT2D eigenvalue weighted by Crippen LogP contribution is -2.48. The predicted octanol–water partition coefficient (Wildman–Crippen LogP) is 3.42. The molecule has 2 N–H and O–H groups in total. The topological polar surface area (TPSA) is 75.3 Å². The molecule has 0 radical (unpaired) electrons. The molecule has 0 bridgehead atoms. The molecule has 0 aliphatic carbocycles. The molecule has 6 nitrogen and oxygen atoms in total. The lowest BCUT2D eigenvalue weighted by Gasteiger charge is -2.34.